The lowest BCUT2D eigenvalue weighted by molar-refractivity contribution is -0.143. The average molecular weight is 501 g/mol. The van der Waals surface area contributed by atoms with Crippen molar-refractivity contribution in [2.75, 3.05) is 0 Å². The van der Waals surface area contributed by atoms with Crippen molar-refractivity contribution in [1.29, 1.82) is 0 Å². The van der Waals surface area contributed by atoms with Gasteiger partial charge in [0.1, 0.15) is 0 Å². The molecule has 2 N–H and O–H groups in total. The molecule has 0 bridgehead atoms. The van der Waals surface area contributed by atoms with Crippen LogP contribution in [0.25, 0.3) is 0 Å². The highest BCUT2D eigenvalue weighted by Gasteiger charge is 2.41. The summed E-state index contributed by atoms with van der Waals surface area (Å²) in [6, 6.07) is 10.0. The Kier molecular flexibility index (Phi) is 7.52. The van der Waals surface area contributed by atoms with Crippen LogP contribution >= 0.6 is 0 Å². The van der Waals surface area contributed by atoms with E-state index < -0.39 is 52.4 Å². The highest BCUT2D eigenvalue weighted by atomic mass is 19.4. The topological polar surface area (TPSA) is 66.4 Å². The molecule has 1 atom stereocenters. The molecule has 10 heteroatoms. The van der Waals surface area contributed by atoms with Crippen LogP contribution in [-0.4, -0.2) is 17.0 Å². The van der Waals surface area contributed by atoms with Gasteiger partial charge in [0.15, 0.2) is 0 Å². The number of hydrogen-bond acceptors (Lipinski definition) is 2. The molecule has 0 saturated heterocycles. The van der Waals surface area contributed by atoms with Gasteiger partial charge >= 0.3 is 18.3 Å². The number of carbonyl (C=O) groups is 2. The summed E-state index contributed by atoms with van der Waals surface area (Å²) < 4.78 is 79.6. The third-order valence-corrected chi connectivity index (χ3v) is 6.61. The Labute approximate surface area is 198 Å². The van der Waals surface area contributed by atoms with Crippen molar-refractivity contribution >= 4 is 11.9 Å². The smallest absolute Gasteiger partial charge is 0.416 e. The third-order valence-electron chi connectivity index (χ3n) is 6.61. The van der Waals surface area contributed by atoms with Crippen LogP contribution in [0, 0.1) is 5.92 Å². The molecule has 3 rings (SSSR count). The summed E-state index contributed by atoms with van der Waals surface area (Å²) in [6.45, 7) is 1.26. The number of halogens is 6. The second-order valence-electron chi connectivity index (χ2n) is 9.04. The molecule has 1 fully saturated rings. The number of alkyl halides is 6. The first-order chi connectivity index (χ1) is 16.2. The molecule has 0 heterocycles. The van der Waals surface area contributed by atoms with Crippen molar-refractivity contribution in [2.45, 2.75) is 62.8 Å². The molecule has 190 valence electrons. The van der Waals surface area contributed by atoms with Gasteiger partial charge in [-0.1, -0.05) is 30.3 Å². The number of rotatable bonds is 6. The minimum absolute atomic E-state index is 0.0142. The fourth-order valence-electron chi connectivity index (χ4n) is 4.59. The summed E-state index contributed by atoms with van der Waals surface area (Å²) >= 11 is 0. The standard InChI is InChI=1S/C25H25F6NO3/c1-15(17-12-19(24(26,27)28)14-20(13-17)25(29,30)31)22(35)32-23(18-5-3-2-4-6-18)9-7-16(8-10-23)11-21(33)34/h2-6,12-16H,7-11H2,1H3,(H,32,35)(H,33,34). The average Bonchev–Trinajstić information content (AvgIpc) is 2.78. The molecule has 1 amide bonds. The van der Waals surface area contributed by atoms with E-state index in [0.717, 1.165) is 5.56 Å². The van der Waals surface area contributed by atoms with Crippen molar-refractivity contribution in [3.63, 3.8) is 0 Å². The Morgan fingerprint density at radius 2 is 1.49 bits per heavy atom. The highest BCUT2D eigenvalue weighted by molar-refractivity contribution is 5.84. The lowest BCUT2D eigenvalue weighted by Crippen LogP contribution is -2.49. The Hall–Kier alpha value is -3.04. The summed E-state index contributed by atoms with van der Waals surface area (Å²) in [4.78, 5) is 24.3. The van der Waals surface area contributed by atoms with E-state index in [4.69, 9.17) is 5.11 Å². The lowest BCUT2D eigenvalue weighted by atomic mass is 9.71. The van der Waals surface area contributed by atoms with Crippen molar-refractivity contribution in [3.05, 3.63) is 70.8 Å². The van der Waals surface area contributed by atoms with E-state index in [1.807, 2.05) is 0 Å². The molecule has 35 heavy (non-hydrogen) atoms. The second kappa shape index (κ2) is 9.91. The molecule has 1 saturated carbocycles. The minimum atomic E-state index is -5.01. The van der Waals surface area contributed by atoms with Gasteiger partial charge in [0, 0.05) is 6.42 Å². The Morgan fingerprint density at radius 1 is 0.971 bits per heavy atom. The number of carbonyl (C=O) groups excluding carboxylic acids is 1. The van der Waals surface area contributed by atoms with Crippen LogP contribution in [0.2, 0.25) is 0 Å². The van der Waals surface area contributed by atoms with Crippen LogP contribution in [0.15, 0.2) is 48.5 Å². The van der Waals surface area contributed by atoms with Crippen LogP contribution in [-0.2, 0) is 27.5 Å². The van der Waals surface area contributed by atoms with Crippen molar-refractivity contribution < 1.29 is 41.0 Å². The monoisotopic (exact) mass is 501 g/mol. The second-order valence-corrected chi connectivity index (χ2v) is 9.04. The van der Waals surface area contributed by atoms with Gasteiger partial charge in [0.05, 0.1) is 22.6 Å². The maximum atomic E-state index is 13.3. The summed E-state index contributed by atoms with van der Waals surface area (Å²) in [5.74, 6) is -3.02. The van der Waals surface area contributed by atoms with E-state index in [2.05, 4.69) is 5.32 Å². The first-order valence-electron chi connectivity index (χ1n) is 11.1. The van der Waals surface area contributed by atoms with E-state index in [9.17, 15) is 35.9 Å². The molecular weight excluding hydrogens is 476 g/mol. The molecule has 0 spiro atoms. The summed E-state index contributed by atoms with van der Waals surface area (Å²) in [7, 11) is 0. The first kappa shape index (κ1) is 26.6. The molecular formula is C25H25F6NO3. The number of nitrogens with one attached hydrogen (secondary N) is 1. The van der Waals surface area contributed by atoms with Crippen LogP contribution in [0.4, 0.5) is 26.3 Å². The maximum absolute atomic E-state index is 13.3. The zero-order valence-corrected chi connectivity index (χ0v) is 18.8. The van der Waals surface area contributed by atoms with Crippen LogP contribution < -0.4 is 5.32 Å². The normalized spacial score (nSPS) is 21.9. The van der Waals surface area contributed by atoms with E-state index in [0.29, 0.717) is 37.8 Å². The van der Waals surface area contributed by atoms with Crippen LogP contribution in [0.5, 0.6) is 0 Å². The van der Waals surface area contributed by atoms with Crippen molar-refractivity contribution in [2.24, 2.45) is 5.92 Å². The number of carboxylic acids is 1. The number of benzene rings is 2. The number of amides is 1. The summed E-state index contributed by atoms with van der Waals surface area (Å²) in [5.41, 5.74) is -3.51. The number of aliphatic carboxylic acids is 1. The van der Waals surface area contributed by atoms with Gasteiger partial charge in [-0.25, -0.2) is 0 Å². The van der Waals surface area contributed by atoms with Crippen LogP contribution in [0.1, 0.15) is 67.2 Å². The van der Waals surface area contributed by atoms with Gasteiger partial charge < -0.3 is 10.4 Å². The van der Waals surface area contributed by atoms with Crippen molar-refractivity contribution in [3.8, 4) is 0 Å². The maximum Gasteiger partial charge on any atom is 0.416 e. The van der Waals surface area contributed by atoms with Gasteiger partial charge in [-0.3, -0.25) is 9.59 Å². The largest absolute Gasteiger partial charge is 0.481 e. The Morgan fingerprint density at radius 3 is 1.94 bits per heavy atom. The van der Waals surface area contributed by atoms with Gasteiger partial charge in [-0.15, -0.1) is 0 Å². The molecule has 1 aliphatic carbocycles. The van der Waals surface area contributed by atoms with Gasteiger partial charge in [0.25, 0.3) is 0 Å². The highest BCUT2D eigenvalue weighted by Crippen LogP contribution is 2.42. The van der Waals surface area contributed by atoms with Gasteiger partial charge in [-0.05, 0) is 67.9 Å². The summed E-state index contributed by atoms with van der Waals surface area (Å²) in [5, 5.41) is 12.0. The predicted molar refractivity (Wildman–Crippen MR) is 115 cm³/mol. The minimum Gasteiger partial charge on any atom is -0.481 e. The molecule has 0 radical (unpaired) electrons. The van der Waals surface area contributed by atoms with Gasteiger partial charge in [0.2, 0.25) is 5.91 Å². The molecule has 0 aromatic heterocycles. The zero-order chi connectivity index (χ0) is 26.0. The van der Waals surface area contributed by atoms with E-state index in [-0.39, 0.29) is 18.4 Å². The fourth-order valence-corrected chi connectivity index (χ4v) is 4.59. The van der Waals surface area contributed by atoms with Crippen LogP contribution in [0.3, 0.4) is 0 Å². The van der Waals surface area contributed by atoms with E-state index in [1.165, 1.54) is 6.92 Å². The molecule has 4 nitrogen and oxygen atoms in total. The summed E-state index contributed by atoms with van der Waals surface area (Å²) in [6.07, 6.45) is -8.26. The predicted octanol–water partition coefficient (Wildman–Crippen LogP) is 6.50. The number of carboxylic acid groups (broad SMARTS) is 1. The molecule has 1 aliphatic rings. The van der Waals surface area contributed by atoms with E-state index >= 15 is 0 Å². The molecule has 2 aromatic carbocycles. The third kappa shape index (κ3) is 6.35. The van der Waals surface area contributed by atoms with Crippen molar-refractivity contribution in [1.82, 2.24) is 5.32 Å². The first-order valence-corrected chi connectivity index (χ1v) is 11.1. The Balaban J connectivity index is 1.92. The zero-order valence-electron chi connectivity index (χ0n) is 18.8. The number of hydrogen-bond donors (Lipinski definition) is 2. The van der Waals surface area contributed by atoms with Gasteiger partial charge in [-0.2, -0.15) is 26.3 Å². The molecule has 0 aliphatic heterocycles. The Bertz CT molecular complexity index is 1020. The lowest BCUT2D eigenvalue weighted by Gasteiger charge is -2.42. The van der Waals surface area contributed by atoms with E-state index in [1.54, 1.807) is 30.3 Å². The quantitative estimate of drug-likeness (QED) is 0.444. The fraction of sp³-hybridized carbons (Fsp3) is 0.440. The molecule has 1 unspecified atom stereocenters. The SMILES string of the molecule is CC(C(=O)NC1(c2ccccc2)CCC(CC(=O)O)CC1)c1cc(C(F)(F)F)cc(C(F)(F)F)c1. The molecule has 2 aromatic rings.